The minimum atomic E-state index is 0.780. The van der Waals surface area contributed by atoms with Crippen molar-refractivity contribution in [2.45, 2.75) is 13.3 Å². The molecule has 0 aliphatic heterocycles. The second-order valence-corrected chi connectivity index (χ2v) is 3.72. The zero-order valence-corrected chi connectivity index (χ0v) is 9.31. The van der Waals surface area contributed by atoms with Gasteiger partial charge >= 0.3 is 0 Å². The maximum absolute atomic E-state index is 11.2. The highest BCUT2D eigenvalue weighted by Crippen LogP contribution is 2.22. The summed E-state index contributed by atoms with van der Waals surface area (Å²) in [5.41, 5.74) is 1.78. The monoisotopic (exact) mass is 210 g/mol. The first-order valence-corrected chi connectivity index (χ1v) is 5.50. The van der Waals surface area contributed by atoms with Crippen LogP contribution in [-0.4, -0.2) is 6.29 Å². The summed E-state index contributed by atoms with van der Waals surface area (Å²) in [5, 5.41) is 2.13. The molecule has 0 aliphatic rings. The standard InChI is InChI=1S/C15H14O/c1-2-3-6-13-10-9-12-7-4-5-8-14(12)15(13)11-16/h3-11H,2H2,1H3/b6-3+. The van der Waals surface area contributed by atoms with Crippen LogP contribution in [0.25, 0.3) is 16.8 Å². The summed E-state index contributed by atoms with van der Waals surface area (Å²) < 4.78 is 0. The Morgan fingerprint density at radius 2 is 1.94 bits per heavy atom. The van der Waals surface area contributed by atoms with E-state index < -0.39 is 0 Å². The average molecular weight is 210 g/mol. The summed E-state index contributed by atoms with van der Waals surface area (Å²) in [7, 11) is 0. The van der Waals surface area contributed by atoms with Gasteiger partial charge in [0.05, 0.1) is 0 Å². The van der Waals surface area contributed by atoms with Crippen molar-refractivity contribution in [2.75, 3.05) is 0 Å². The topological polar surface area (TPSA) is 17.1 Å². The van der Waals surface area contributed by atoms with Crippen molar-refractivity contribution in [3.05, 3.63) is 53.6 Å². The van der Waals surface area contributed by atoms with Gasteiger partial charge in [-0.2, -0.15) is 0 Å². The van der Waals surface area contributed by atoms with Gasteiger partial charge in [0.2, 0.25) is 0 Å². The Morgan fingerprint density at radius 3 is 2.69 bits per heavy atom. The van der Waals surface area contributed by atoms with Crippen LogP contribution in [0.4, 0.5) is 0 Å². The molecule has 0 heterocycles. The number of hydrogen-bond donors (Lipinski definition) is 0. The highest BCUT2D eigenvalue weighted by molar-refractivity contribution is 6.01. The summed E-state index contributed by atoms with van der Waals surface area (Å²) in [4.78, 5) is 11.2. The lowest BCUT2D eigenvalue weighted by molar-refractivity contribution is 0.112. The van der Waals surface area contributed by atoms with Crippen LogP contribution < -0.4 is 0 Å². The lowest BCUT2D eigenvalue weighted by Crippen LogP contribution is -1.88. The second-order valence-electron chi connectivity index (χ2n) is 3.72. The molecule has 0 aliphatic carbocycles. The molecule has 2 aromatic rings. The third-order valence-electron chi connectivity index (χ3n) is 2.66. The van der Waals surface area contributed by atoms with Gasteiger partial charge in [0.1, 0.15) is 0 Å². The van der Waals surface area contributed by atoms with Crippen molar-refractivity contribution >= 4 is 23.1 Å². The van der Waals surface area contributed by atoms with Crippen LogP contribution in [0.3, 0.4) is 0 Å². The summed E-state index contributed by atoms with van der Waals surface area (Å²) in [6.07, 6.45) is 6.00. The highest BCUT2D eigenvalue weighted by Gasteiger charge is 2.03. The molecule has 0 saturated carbocycles. The van der Waals surface area contributed by atoms with Crippen molar-refractivity contribution < 1.29 is 4.79 Å². The van der Waals surface area contributed by atoms with E-state index in [0.29, 0.717) is 0 Å². The number of rotatable bonds is 3. The summed E-state index contributed by atoms with van der Waals surface area (Å²) in [6.45, 7) is 2.08. The van der Waals surface area contributed by atoms with E-state index in [1.807, 2.05) is 36.4 Å². The van der Waals surface area contributed by atoms with Crippen molar-refractivity contribution in [1.82, 2.24) is 0 Å². The molecule has 0 radical (unpaired) electrons. The molecule has 2 rings (SSSR count). The molecule has 0 unspecified atom stereocenters. The fraction of sp³-hybridized carbons (Fsp3) is 0.133. The van der Waals surface area contributed by atoms with E-state index in [-0.39, 0.29) is 0 Å². The van der Waals surface area contributed by atoms with Gasteiger partial charge in [0.15, 0.2) is 6.29 Å². The quantitative estimate of drug-likeness (QED) is 0.698. The Labute approximate surface area is 95.4 Å². The van der Waals surface area contributed by atoms with Gasteiger partial charge in [-0.05, 0) is 22.8 Å². The zero-order valence-electron chi connectivity index (χ0n) is 9.31. The minimum absolute atomic E-state index is 0.780. The largest absolute Gasteiger partial charge is 0.298 e. The molecule has 0 fully saturated rings. The smallest absolute Gasteiger partial charge is 0.151 e. The molecule has 1 nitrogen and oxygen atoms in total. The van der Waals surface area contributed by atoms with E-state index in [9.17, 15) is 4.79 Å². The van der Waals surface area contributed by atoms with Crippen LogP contribution in [0.2, 0.25) is 0 Å². The number of aldehydes is 1. The SMILES string of the molecule is CC/C=C/c1ccc2ccccc2c1C=O. The molecule has 0 amide bonds. The number of hydrogen-bond acceptors (Lipinski definition) is 1. The van der Waals surface area contributed by atoms with E-state index in [0.717, 1.165) is 34.6 Å². The van der Waals surface area contributed by atoms with E-state index in [1.54, 1.807) is 0 Å². The Hall–Kier alpha value is -1.89. The van der Waals surface area contributed by atoms with Crippen molar-refractivity contribution in [3.63, 3.8) is 0 Å². The van der Waals surface area contributed by atoms with Crippen LogP contribution >= 0.6 is 0 Å². The molecule has 16 heavy (non-hydrogen) atoms. The van der Waals surface area contributed by atoms with Crippen molar-refractivity contribution in [1.29, 1.82) is 0 Å². The fourth-order valence-corrected chi connectivity index (χ4v) is 1.83. The summed E-state index contributed by atoms with van der Waals surface area (Å²) in [5.74, 6) is 0. The molecule has 2 aromatic carbocycles. The molecule has 0 bridgehead atoms. The maximum Gasteiger partial charge on any atom is 0.151 e. The first-order valence-electron chi connectivity index (χ1n) is 5.50. The normalized spacial score (nSPS) is 11.1. The number of fused-ring (bicyclic) bond motifs is 1. The number of carbonyl (C=O) groups excluding carboxylic acids is 1. The van der Waals surface area contributed by atoms with E-state index >= 15 is 0 Å². The van der Waals surface area contributed by atoms with Gasteiger partial charge in [-0.25, -0.2) is 0 Å². The Bertz CT molecular complexity index is 538. The first kappa shape index (κ1) is 10.6. The molecule has 0 aromatic heterocycles. The maximum atomic E-state index is 11.2. The van der Waals surface area contributed by atoms with Gasteiger partial charge in [-0.1, -0.05) is 55.5 Å². The van der Waals surface area contributed by atoms with E-state index in [2.05, 4.69) is 19.1 Å². The molecule has 0 atom stereocenters. The molecule has 1 heteroatoms. The van der Waals surface area contributed by atoms with Gasteiger partial charge in [0, 0.05) is 5.56 Å². The van der Waals surface area contributed by atoms with Crippen LogP contribution in [-0.2, 0) is 0 Å². The zero-order chi connectivity index (χ0) is 11.4. The van der Waals surface area contributed by atoms with E-state index in [1.165, 1.54) is 0 Å². The molecular formula is C15H14O. The Balaban J connectivity index is 2.67. The average Bonchev–Trinajstić information content (AvgIpc) is 2.35. The van der Waals surface area contributed by atoms with Crippen molar-refractivity contribution in [2.24, 2.45) is 0 Å². The van der Waals surface area contributed by atoms with Crippen LogP contribution in [0.5, 0.6) is 0 Å². The lowest BCUT2D eigenvalue weighted by Gasteiger charge is -2.04. The summed E-state index contributed by atoms with van der Waals surface area (Å²) in [6, 6.07) is 12.0. The molecule has 0 N–H and O–H groups in total. The summed E-state index contributed by atoms with van der Waals surface area (Å²) >= 11 is 0. The van der Waals surface area contributed by atoms with Crippen molar-refractivity contribution in [3.8, 4) is 0 Å². The predicted molar refractivity (Wildman–Crippen MR) is 68.7 cm³/mol. The van der Waals surface area contributed by atoms with Crippen LogP contribution in [0.1, 0.15) is 29.3 Å². The highest BCUT2D eigenvalue weighted by atomic mass is 16.1. The van der Waals surface area contributed by atoms with Crippen LogP contribution in [0.15, 0.2) is 42.5 Å². The second kappa shape index (κ2) is 4.75. The lowest BCUT2D eigenvalue weighted by atomic mass is 9.99. The fourth-order valence-electron chi connectivity index (χ4n) is 1.83. The van der Waals surface area contributed by atoms with Gasteiger partial charge < -0.3 is 0 Å². The third kappa shape index (κ3) is 1.89. The molecular weight excluding hydrogens is 196 g/mol. The number of carbonyl (C=O) groups is 1. The minimum Gasteiger partial charge on any atom is -0.298 e. The number of benzene rings is 2. The Kier molecular flexibility index (Phi) is 3.16. The third-order valence-corrected chi connectivity index (χ3v) is 2.66. The first-order chi connectivity index (χ1) is 7.86. The molecule has 80 valence electrons. The van der Waals surface area contributed by atoms with Gasteiger partial charge in [0.25, 0.3) is 0 Å². The van der Waals surface area contributed by atoms with Gasteiger partial charge in [-0.3, -0.25) is 4.79 Å². The van der Waals surface area contributed by atoms with Crippen LogP contribution in [0, 0.1) is 0 Å². The van der Waals surface area contributed by atoms with Gasteiger partial charge in [-0.15, -0.1) is 0 Å². The molecule has 0 saturated heterocycles. The molecule has 0 spiro atoms. The number of allylic oxidation sites excluding steroid dienone is 1. The Morgan fingerprint density at radius 1 is 1.12 bits per heavy atom. The predicted octanol–water partition coefficient (Wildman–Crippen LogP) is 4.08. The van der Waals surface area contributed by atoms with E-state index in [4.69, 9.17) is 0 Å².